The fraction of sp³-hybridized carbons (Fsp3) is 0.125. The van der Waals surface area contributed by atoms with Crippen LogP contribution < -0.4 is 5.32 Å². The average Bonchev–Trinajstić information content (AvgIpc) is 2.76. The number of sulfonamides is 1. The lowest BCUT2D eigenvalue weighted by Gasteiger charge is -2.14. The topological polar surface area (TPSA) is 118 Å². The first-order valence-corrected chi connectivity index (χ1v) is 10.7. The minimum Gasteiger partial charge on any atom is -0.325 e. The number of anilines is 1. The zero-order chi connectivity index (χ0) is 19.1. The first-order valence-electron chi connectivity index (χ1n) is 7.37. The van der Waals surface area contributed by atoms with Crippen LogP contribution in [0.15, 0.2) is 58.3 Å². The second kappa shape index (κ2) is 6.22. The highest BCUT2D eigenvalue weighted by molar-refractivity contribution is 7.90. The molecule has 1 aliphatic rings. The van der Waals surface area contributed by atoms with E-state index in [9.17, 15) is 26.4 Å². The van der Waals surface area contributed by atoms with Gasteiger partial charge in [0.05, 0.1) is 10.5 Å². The molecule has 1 aliphatic heterocycles. The molecule has 0 aromatic heterocycles. The van der Waals surface area contributed by atoms with E-state index >= 15 is 0 Å². The van der Waals surface area contributed by atoms with Gasteiger partial charge in [0.2, 0.25) is 5.91 Å². The van der Waals surface area contributed by atoms with Crippen molar-refractivity contribution in [3.8, 4) is 0 Å². The lowest BCUT2D eigenvalue weighted by atomic mass is 10.2. The molecule has 136 valence electrons. The number of amides is 2. The van der Waals surface area contributed by atoms with Gasteiger partial charge in [-0.15, -0.1) is 0 Å². The van der Waals surface area contributed by atoms with Crippen molar-refractivity contribution in [1.82, 2.24) is 4.31 Å². The van der Waals surface area contributed by atoms with Crippen molar-refractivity contribution in [1.29, 1.82) is 0 Å². The number of rotatable bonds is 4. The Kier molecular flexibility index (Phi) is 4.32. The third kappa shape index (κ3) is 3.20. The summed E-state index contributed by atoms with van der Waals surface area (Å²) < 4.78 is 48.1. The molecular formula is C16H14N2O6S2. The Bertz CT molecular complexity index is 1110. The molecular weight excluding hydrogens is 380 g/mol. The molecule has 26 heavy (non-hydrogen) atoms. The zero-order valence-corrected chi connectivity index (χ0v) is 15.2. The smallest absolute Gasteiger partial charge is 0.269 e. The second-order valence-electron chi connectivity index (χ2n) is 5.66. The summed E-state index contributed by atoms with van der Waals surface area (Å²) in [6.45, 7) is -0.677. The molecule has 2 amide bonds. The molecule has 1 heterocycles. The predicted molar refractivity (Wildman–Crippen MR) is 92.8 cm³/mol. The van der Waals surface area contributed by atoms with Gasteiger partial charge in [-0.25, -0.2) is 21.1 Å². The van der Waals surface area contributed by atoms with Crippen LogP contribution in [0.3, 0.4) is 0 Å². The molecule has 2 aromatic rings. The Morgan fingerprint density at radius 3 is 2.27 bits per heavy atom. The number of hydrogen-bond donors (Lipinski definition) is 1. The number of hydrogen-bond acceptors (Lipinski definition) is 6. The monoisotopic (exact) mass is 394 g/mol. The van der Waals surface area contributed by atoms with Gasteiger partial charge in [0.15, 0.2) is 9.84 Å². The van der Waals surface area contributed by atoms with Gasteiger partial charge in [-0.1, -0.05) is 12.1 Å². The van der Waals surface area contributed by atoms with Crippen LogP contribution in [0.1, 0.15) is 10.4 Å². The predicted octanol–water partition coefficient (Wildman–Crippen LogP) is 0.873. The van der Waals surface area contributed by atoms with Crippen LogP contribution in [0.2, 0.25) is 0 Å². The highest BCUT2D eigenvalue weighted by Gasteiger charge is 2.41. The maximum atomic E-state index is 12.4. The molecule has 0 unspecified atom stereocenters. The second-order valence-corrected chi connectivity index (χ2v) is 9.50. The third-order valence-corrected chi connectivity index (χ3v) is 6.68. The molecule has 0 radical (unpaired) electrons. The lowest BCUT2D eigenvalue weighted by Crippen LogP contribution is -2.37. The van der Waals surface area contributed by atoms with Gasteiger partial charge in [-0.05, 0) is 36.4 Å². The van der Waals surface area contributed by atoms with E-state index in [2.05, 4.69) is 5.32 Å². The molecule has 8 nitrogen and oxygen atoms in total. The maximum Gasteiger partial charge on any atom is 0.269 e. The highest BCUT2D eigenvalue weighted by Crippen LogP contribution is 2.29. The van der Waals surface area contributed by atoms with Gasteiger partial charge in [0.25, 0.3) is 15.9 Å². The van der Waals surface area contributed by atoms with Gasteiger partial charge < -0.3 is 5.32 Å². The number of carbonyl (C=O) groups excluding carboxylic acids is 2. The molecule has 0 atom stereocenters. The number of nitrogens with zero attached hydrogens (tertiary/aromatic N) is 1. The van der Waals surface area contributed by atoms with E-state index in [1.165, 1.54) is 42.5 Å². The van der Waals surface area contributed by atoms with Crippen LogP contribution in [0.5, 0.6) is 0 Å². The number of benzene rings is 2. The summed E-state index contributed by atoms with van der Waals surface area (Å²) in [5.41, 5.74) is 0.307. The van der Waals surface area contributed by atoms with E-state index in [4.69, 9.17) is 0 Å². The van der Waals surface area contributed by atoms with Gasteiger partial charge >= 0.3 is 0 Å². The highest BCUT2D eigenvalue weighted by atomic mass is 32.2. The van der Waals surface area contributed by atoms with Crippen LogP contribution in [-0.2, 0) is 24.7 Å². The van der Waals surface area contributed by atoms with E-state index in [0.29, 0.717) is 4.31 Å². The molecule has 0 fully saturated rings. The summed E-state index contributed by atoms with van der Waals surface area (Å²) in [6.07, 6.45) is 1.06. The van der Waals surface area contributed by atoms with E-state index in [-0.39, 0.29) is 21.0 Å². The summed E-state index contributed by atoms with van der Waals surface area (Å²) in [4.78, 5) is 24.4. The molecule has 0 saturated carbocycles. The van der Waals surface area contributed by atoms with Crippen molar-refractivity contribution in [2.75, 3.05) is 18.1 Å². The van der Waals surface area contributed by atoms with Crippen molar-refractivity contribution >= 4 is 37.4 Å². The maximum absolute atomic E-state index is 12.4. The quantitative estimate of drug-likeness (QED) is 0.822. The Morgan fingerprint density at radius 2 is 1.69 bits per heavy atom. The summed E-state index contributed by atoms with van der Waals surface area (Å²) in [6, 6.07) is 11.1. The van der Waals surface area contributed by atoms with E-state index in [0.717, 1.165) is 6.26 Å². The molecule has 1 N–H and O–H groups in total. The SMILES string of the molecule is CS(=O)(=O)c1ccc(NC(=O)CN2C(=O)c3ccccc3S2(=O)=O)cc1. The number of fused-ring (bicyclic) bond motifs is 1. The minimum absolute atomic E-state index is 0.0257. The van der Waals surface area contributed by atoms with E-state index in [1.54, 1.807) is 6.07 Å². The number of carbonyl (C=O) groups is 2. The zero-order valence-electron chi connectivity index (χ0n) is 13.5. The van der Waals surface area contributed by atoms with Crippen molar-refractivity contribution in [2.45, 2.75) is 9.79 Å². The van der Waals surface area contributed by atoms with Crippen molar-refractivity contribution < 1.29 is 26.4 Å². The molecule has 2 aromatic carbocycles. The molecule has 0 spiro atoms. The first-order chi connectivity index (χ1) is 12.1. The Balaban J connectivity index is 1.76. The van der Waals surface area contributed by atoms with E-state index in [1.807, 2.05) is 0 Å². The van der Waals surface area contributed by atoms with Crippen LogP contribution >= 0.6 is 0 Å². The summed E-state index contributed by atoms with van der Waals surface area (Å²) >= 11 is 0. The van der Waals surface area contributed by atoms with Crippen LogP contribution in [0.25, 0.3) is 0 Å². The number of sulfone groups is 1. The molecule has 3 rings (SSSR count). The normalized spacial score (nSPS) is 15.6. The third-order valence-electron chi connectivity index (χ3n) is 3.77. The average molecular weight is 394 g/mol. The lowest BCUT2D eigenvalue weighted by molar-refractivity contribution is -0.116. The van der Waals surface area contributed by atoms with Gasteiger partial charge in [-0.2, -0.15) is 0 Å². The molecule has 0 aliphatic carbocycles. The van der Waals surface area contributed by atoms with Gasteiger partial charge in [-0.3, -0.25) is 9.59 Å². The summed E-state index contributed by atoms with van der Waals surface area (Å²) in [5.74, 6) is -1.48. The van der Waals surface area contributed by atoms with Gasteiger partial charge in [0, 0.05) is 11.9 Å². The van der Waals surface area contributed by atoms with E-state index < -0.39 is 38.2 Å². The standard InChI is InChI=1S/C16H14N2O6S2/c1-25(21,22)12-8-6-11(7-9-12)17-15(19)10-18-16(20)13-4-2-3-5-14(13)26(18,23)24/h2-9H,10H2,1H3,(H,17,19). The van der Waals surface area contributed by atoms with Crippen molar-refractivity contribution in [3.63, 3.8) is 0 Å². The summed E-state index contributed by atoms with van der Waals surface area (Å²) in [7, 11) is -7.43. The Labute approximate surface area is 150 Å². The minimum atomic E-state index is -4.07. The van der Waals surface area contributed by atoms with Crippen molar-refractivity contribution in [3.05, 3.63) is 54.1 Å². The van der Waals surface area contributed by atoms with Gasteiger partial charge in [0.1, 0.15) is 11.4 Å². The van der Waals surface area contributed by atoms with Crippen molar-refractivity contribution in [2.24, 2.45) is 0 Å². The fourth-order valence-electron chi connectivity index (χ4n) is 2.50. The Morgan fingerprint density at radius 1 is 1.08 bits per heavy atom. The molecule has 0 bridgehead atoms. The summed E-state index contributed by atoms with van der Waals surface area (Å²) in [5, 5.41) is 2.44. The molecule has 10 heteroatoms. The van der Waals surface area contributed by atoms with Crippen LogP contribution in [-0.4, -0.2) is 45.8 Å². The first kappa shape index (κ1) is 18.1. The largest absolute Gasteiger partial charge is 0.325 e. The fourth-order valence-corrected chi connectivity index (χ4v) is 4.66. The van der Waals surface area contributed by atoms with Crippen LogP contribution in [0, 0.1) is 0 Å². The van der Waals surface area contributed by atoms with Crippen LogP contribution in [0.4, 0.5) is 5.69 Å². The Hall–Kier alpha value is -2.72. The number of nitrogens with one attached hydrogen (secondary N) is 1. The molecule has 0 saturated heterocycles.